The van der Waals surface area contributed by atoms with Gasteiger partial charge >= 0.3 is 5.97 Å². The Morgan fingerprint density at radius 3 is 2.85 bits per heavy atom. The van der Waals surface area contributed by atoms with Crippen molar-refractivity contribution in [1.82, 2.24) is 5.32 Å². The monoisotopic (exact) mass is 387 g/mol. The lowest BCUT2D eigenvalue weighted by Gasteiger charge is -2.14. The van der Waals surface area contributed by atoms with Crippen molar-refractivity contribution in [3.8, 4) is 5.75 Å². The maximum atomic E-state index is 12.0. The van der Waals surface area contributed by atoms with Crippen LogP contribution in [-0.2, 0) is 20.7 Å². The number of carbonyl (C=O) groups is 2. The lowest BCUT2D eigenvalue weighted by atomic mass is 10.1. The van der Waals surface area contributed by atoms with Crippen molar-refractivity contribution >= 4 is 34.4 Å². The number of benzene rings is 2. The van der Waals surface area contributed by atoms with Gasteiger partial charge in [0.1, 0.15) is 11.3 Å². The molecule has 6 nitrogen and oxygen atoms in total. The Morgan fingerprint density at radius 1 is 1.26 bits per heavy atom. The first kappa shape index (κ1) is 18.8. The van der Waals surface area contributed by atoms with Crippen LogP contribution in [-0.4, -0.2) is 23.6 Å². The second kappa shape index (κ2) is 8.14. The SMILES string of the molecule is C[C@H](NC(=O)COC(=O)Cc1coc2cc(O)ccc12)c1cccc(Cl)c1. The summed E-state index contributed by atoms with van der Waals surface area (Å²) in [6.45, 7) is 1.44. The van der Waals surface area contributed by atoms with Gasteiger partial charge in [0.05, 0.1) is 18.7 Å². The molecule has 0 bridgehead atoms. The quantitative estimate of drug-likeness (QED) is 0.629. The van der Waals surface area contributed by atoms with Crippen molar-refractivity contribution in [2.75, 3.05) is 6.61 Å². The molecule has 7 heteroatoms. The van der Waals surface area contributed by atoms with Crippen LogP contribution in [0, 0.1) is 0 Å². The Balaban J connectivity index is 1.51. The summed E-state index contributed by atoms with van der Waals surface area (Å²) in [7, 11) is 0. The predicted octanol–water partition coefficient (Wildman–Crippen LogP) is 3.75. The molecule has 3 rings (SSSR count). The van der Waals surface area contributed by atoms with E-state index in [0.29, 0.717) is 21.6 Å². The Morgan fingerprint density at radius 2 is 2.07 bits per heavy atom. The first-order valence-electron chi connectivity index (χ1n) is 8.32. The third-order valence-electron chi connectivity index (χ3n) is 4.06. The number of ether oxygens (including phenoxy) is 1. The van der Waals surface area contributed by atoms with Gasteiger partial charge in [-0.05, 0) is 36.8 Å². The van der Waals surface area contributed by atoms with Gasteiger partial charge in [-0.3, -0.25) is 9.59 Å². The molecular formula is C20H18ClNO5. The summed E-state index contributed by atoms with van der Waals surface area (Å²) < 4.78 is 10.4. The maximum absolute atomic E-state index is 12.0. The van der Waals surface area contributed by atoms with E-state index in [-0.39, 0.29) is 24.8 Å². The highest BCUT2D eigenvalue weighted by molar-refractivity contribution is 6.30. The normalized spacial score (nSPS) is 11.9. The van der Waals surface area contributed by atoms with Crippen molar-refractivity contribution < 1.29 is 23.8 Å². The highest BCUT2D eigenvalue weighted by Gasteiger charge is 2.15. The molecule has 0 unspecified atom stereocenters. The van der Waals surface area contributed by atoms with Gasteiger partial charge in [0, 0.05) is 22.0 Å². The van der Waals surface area contributed by atoms with Crippen LogP contribution in [0.5, 0.6) is 5.75 Å². The molecule has 1 atom stereocenters. The summed E-state index contributed by atoms with van der Waals surface area (Å²) in [6, 6.07) is 11.5. The number of hydrogen-bond donors (Lipinski definition) is 2. The van der Waals surface area contributed by atoms with E-state index >= 15 is 0 Å². The number of nitrogens with one attached hydrogen (secondary N) is 1. The van der Waals surface area contributed by atoms with Crippen molar-refractivity contribution in [3.05, 3.63) is 64.9 Å². The van der Waals surface area contributed by atoms with E-state index in [2.05, 4.69) is 5.32 Å². The number of carbonyl (C=O) groups excluding carboxylic acids is 2. The number of rotatable bonds is 6. The molecule has 2 aromatic carbocycles. The van der Waals surface area contributed by atoms with Gasteiger partial charge < -0.3 is 19.6 Å². The van der Waals surface area contributed by atoms with Crippen LogP contribution in [0.15, 0.2) is 53.1 Å². The highest BCUT2D eigenvalue weighted by atomic mass is 35.5. The molecule has 0 saturated carbocycles. The lowest BCUT2D eigenvalue weighted by Crippen LogP contribution is -2.31. The lowest BCUT2D eigenvalue weighted by molar-refractivity contribution is -0.148. The van der Waals surface area contributed by atoms with E-state index in [1.54, 1.807) is 24.3 Å². The molecule has 0 aliphatic carbocycles. The molecule has 140 valence electrons. The van der Waals surface area contributed by atoms with Crippen LogP contribution in [0.2, 0.25) is 5.02 Å². The zero-order valence-corrected chi connectivity index (χ0v) is 15.3. The van der Waals surface area contributed by atoms with Gasteiger partial charge in [-0.2, -0.15) is 0 Å². The number of halogens is 1. The van der Waals surface area contributed by atoms with Crippen molar-refractivity contribution in [3.63, 3.8) is 0 Å². The zero-order chi connectivity index (χ0) is 19.4. The summed E-state index contributed by atoms with van der Waals surface area (Å²) in [5.74, 6) is -0.870. The number of phenols is 1. The molecule has 0 radical (unpaired) electrons. The van der Waals surface area contributed by atoms with Crippen LogP contribution in [0.3, 0.4) is 0 Å². The van der Waals surface area contributed by atoms with E-state index in [1.165, 1.54) is 18.4 Å². The minimum absolute atomic E-state index is 0.0328. The minimum Gasteiger partial charge on any atom is -0.508 e. The number of esters is 1. The molecular weight excluding hydrogens is 370 g/mol. The summed E-state index contributed by atoms with van der Waals surface area (Å²) >= 11 is 5.94. The Labute approximate surface area is 160 Å². The Kier molecular flexibility index (Phi) is 5.66. The third-order valence-corrected chi connectivity index (χ3v) is 4.30. The zero-order valence-electron chi connectivity index (χ0n) is 14.6. The van der Waals surface area contributed by atoms with Gasteiger partial charge in [0.2, 0.25) is 0 Å². The fourth-order valence-corrected chi connectivity index (χ4v) is 2.90. The van der Waals surface area contributed by atoms with Crippen LogP contribution < -0.4 is 5.32 Å². The number of furan rings is 1. The van der Waals surface area contributed by atoms with Crippen LogP contribution in [0.1, 0.15) is 24.1 Å². The van der Waals surface area contributed by atoms with Crippen molar-refractivity contribution in [2.45, 2.75) is 19.4 Å². The van der Waals surface area contributed by atoms with E-state index in [4.69, 9.17) is 20.8 Å². The fourth-order valence-electron chi connectivity index (χ4n) is 2.70. The predicted molar refractivity (Wildman–Crippen MR) is 101 cm³/mol. The topological polar surface area (TPSA) is 88.8 Å². The number of aromatic hydroxyl groups is 1. The number of amides is 1. The first-order valence-corrected chi connectivity index (χ1v) is 8.69. The summed E-state index contributed by atoms with van der Waals surface area (Å²) in [5, 5.41) is 13.5. The summed E-state index contributed by atoms with van der Waals surface area (Å²) in [4.78, 5) is 24.0. The summed E-state index contributed by atoms with van der Waals surface area (Å²) in [5.41, 5.74) is 1.96. The maximum Gasteiger partial charge on any atom is 0.310 e. The Bertz CT molecular complexity index is 981. The van der Waals surface area contributed by atoms with Crippen LogP contribution >= 0.6 is 11.6 Å². The molecule has 1 amide bonds. The van der Waals surface area contributed by atoms with Crippen LogP contribution in [0.25, 0.3) is 11.0 Å². The van der Waals surface area contributed by atoms with Gasteiger partial charge in [0.25, 0.3) is 5.91 Å². The third kappa shape index (κ3) is 4.80. The van der Waals surface area contributed by atoms with E-state index < -0.39 is 11.9 Å². The number of fused-ring (bicyclic) bond motifs is 1. The standard InChI is InChI=1S/C20H18ClNO5/c1-12(13-3-2-4-15(21)7-13)22-19(24)11-27-20(25)8-14-10-26-18-9-16(23)5-6-17(14)18/h2-7,9-10,12,23H,8,11H2,1H3,(H,22,24)/t12-/m0/s1. The van der Waals surface area contributed by atoms with Gasteiger partial charge in [0.15, 0.2) is 6.61 Å². The first-order chi connectivity index (χ1) is 12.9. The molecule has 1 heterocycles. The van der Waals surface area contributed by atoms with Gasteiger partial charge in [-0.1, -0.05) is 23.7 Å². The molecule has 0 fully saturated rings. The number of phenolic OH excluding ortho intramolecular Hbond substituents is 1. The second-order valence-electron chi connectivity index (χ2n) is 6.12. The average molecular weight is 388 g/mol. The smallest absolute Gasteiger partial charge is 0.310 e. The van der Waals surface area contributed by atoms with E-state index in [1.807, 2.05) is 13.0 Å². The van der Waals surface area contributed by atoms with E-state index in [9.17, 15) is 14.7 Å². The molecule has 0 saturated heterocycles. The molecule has 27 heavy (non-hydrogen) atoms. The molecule has 0 aliphatic heterocycles. The molecule has 0 aliphatic rings. The molecule has 0 spiro atoms. The Hall–Kier alpha value is -2.99. The van der Waals surface area contributed by atoms with E-state index in [0.717, 1.165) is 5.56 Å². The number of hydrogen-bond acceptors (Lipinski definition) is 5. The van der Waals surface area contributed by atoms with Crippen molar-refractivity contribution in [2.24, 2.45) is 0 Å². The molecule has 3 aromatic rings. The van der Waals surface area contributed by atoms with Crippen molar-refractivity contribution in [1.29, 1.82) is 0 Å². The largest absolute Gasteiger partial charge is 0.508 e. The second-order valence-corrected chi connectivity index (χ2v) is 6.56. The summed E-state index contributed by atoms with van der Waals surface area (Å²) in [6.07, 6.45) is 1.40. The molecule has 1 aromatic heterocycles. The highest BCUT2D eigenvalue weighted by Crippen LogP contribution is 2.25. The van der Waals surface area contributed by atoms with Gasteiger partial charge in [-0.15, -0.1) is 0 Å². The van der Waals surface area contributed by atoms with Crippen LogP contribution in [0.4, 0.5) is 0 Å². The average Bonchev–Trinajstić information content (AvgIpc) is 3.01. The molecule has 2 N–H and O–H groups in total. The minimum atomic E-state index is -0.545. The van der Waals surface area contributed by atoms with Gasteiger partial charge in [-0.25, -0.2) is 0 Å². The fraction of sp³-hybridized carbons (Fsp3) is 0.200.